The molecule has 1 saturated carbocycles. The van der Waals surface area contributed by atoms with Crippen molar-refractivity contribution in [3.63, 3.8) is 0 Å². The van der Waals surface area contributed by atoms with Gasteiger partial charge in [-0.05, 0) is 90.0 Å². The molecule has 1 fully saturated rings. The van der Waals surface area contributed by atoms with Crippen LogP contribution in [0.2, 0.25) is 0 Å². The van der Waals surface area contributed by atoms with Crippen molar-refractivity contribution >= 4 is 21.9 Å². The van der Waals surface area contributed by atoms with Crippen molar-refractivity contribution in [3.8, 4) is 17.2 Å². The molecule has 0 saturated heterocycles. The number of furan rings is 1. The fourth-order valence-electron chi connectivity index (χ4n) is 5.68. The Labute approximate surface area is 218 Å². The Morgan fingerprint density at radius 1 is 1.08 bits per heavy atom. The minimum absolute atomic E-state index is 0.0650. The number of fused-ring (bicyclic) bond motifs is 2. The van der Waals surface area contributed by atoms with E-state index >= 15 is 0 Å². The van der Waals surface area contributed by atoms with Gasteiger partial charge < -0.3 is 24.1 Å². The third kappa shape index (κ3) is 5.11. The van der Waals surface area contributed by atoms with E-state index in [4.69, 9.17) is 18.9 Å². The van der Waals surface area contributed by atoms with E-state index in [0.29, 0.717) is 46.2 Å². The molecule has 5 rings (SSSR count). The van der Waals surface area contributed by atoms with E-state index < -0.39 is 6.29 Å². The van der Waals surface area contributed by atoms with E-state index in [2.05, 4.69) is 20.8 Å². The van der Waals surface area contributed by atoms with Crippen LogP contribution in [0.25, 0.3) is 33.3 Å². The van der Waals surface area contributed by atoms with Crippen LogP contribution in [0.15, 0.2) is 46.9 Å². The highest BCUT2D eigenvalue weighted by molar-refractivity contribution is 5.94. The van der Waals surface area contributed by atoms with Gasteiger partial charge in [0.2, 0.25) is 0 Å². The van der Waals surface area contributed by atoms with Crippen LogP contribution in [0.5, 0.6) is 5.75 Å². The van der Waals surface area contributed by atoms with Crippen molar-refractivity contribution in [3.05, 3.63) is 59.2 Å². The van der Waals surface area contributed by atoms with Crippen LogP contribution in [0.3, 0.4) is 0 Å². The number of hydrogen-bond donors (Lipinski definition) is 2. The topological polar surface area (TPSA) is 85.0 Å². The monoisotopic (exact) mass is 503 g/mol. The van der Waals surface area contributed by atoms with Gasteiger partial charge in [0.15, 0.2) is 12.1 Å². The number of ether oxygens (including phenoxy) is 2. The van der Waals surface area contributed by atoms with Crippen LogP contribution in [0.4, 0.5) is 0 Å². The van der Waals surface area contributed by atoms with Gasteiger partial charge >= 0.3 is 0 Å². The molecule has 2 aromatic heterocycles. The second kappa shape index (κ2) is 10.1. The summed E-state index contributed by atoms with van der Waals surface area (Å²) in [6, 6.07) is 13.4. The smallest absolute Gasteiger partial charge is 0.179 e. The summed E-state index contributed by atoms with van der Waals surface area (Å²) in [4.78, 5) is 4.93. The highest BCUT2D eigenvalue weighted by atomic mass is 16.5. The Kier molecular flexibility index (Phi) is 7.01. The normalized spacial score (nSPS) is 20.4. The van der Waals surface area contributed by atoms with E-state index in [-0.39, 0.29) is 11.7 Å². The Hall–Kier alpha value is -2.93. The number of aromatic nitrogens is 1. The molecule has 196 valence electrons. The molecule has 6 nitrogen and oxygen atoms in total. The van der Waals surface area contributed by atoms with Crippen molar-refractivity contribution in [1.82, 2.24) is 4.98 Å². The molecular weight excluding hydrogens is 466 g/mol. The first-order chi connectivity index (χ1) is 17.6. The molecule has 2 N–H and O–H groups in total. The van der Waals surface area contributed by atoms with Crippen LogP contribution in [-0.2, 0) is 4.74 Å². The molecule has 0 aliphatic heterocycles. The summed E-state index contributed by atoms with van der Waals surface area (Å²) in [7, 11) is 0. The number of aliphatic hydroxyl groups is 2. The molecule has 2 heterocycles. The largest absolute Gasteiger partial charge is 0.493 e. The minimum atomic E-state index is -1.68. The highest BCUT2D eigenvalue weighted by Crippen LogP contribution is 2.40. The van der Waals surface area contributed by atoms with Crippen molar-refractivity contribution in [2.45, 2.75) is 78.3 Å². The SMILES string of the molecule is Cc1c(-c2cc(C(O)O)c3c(OCC4CCC(C)(OC(C)C)CC4)ccc(C)c3n2)oc2ccccc12. The third-order valence-electron chi connectivity index (χ3n) is 7.67. The molecule has 0 radical (unpaired) electrons. The predicted octanol–water partition coefficient (Wildman–Crippen LogP) is 7.00. The molecule has 37 heavy (non-hydrogen) atoms. The van der Waals surface area contributed by atoms with E-state index in [1.54, 1.807) is 6.07 Å². The quantitative estimate of drug-likeness (QED) is 0.264. The first-order valence-electron chi connectivity index (χ1n) is 13.2. The number of aliphatic hydroxyl groups excluding tert-OH is 1. The van der Waals surface area contributed by atoms with Crippen LogP contribution < -0.4 is 4.74 Å². The molecule has 0 unspecified atom stereocenters. The van der Waals surface area contributed by atoms with Crippen LogP contribution in [-0.4, -0.2) is 33.5 Å². The molecule has 1 aliphatic carbocycles. The standard InChI is InChI=1S/C31H37NO5/c1-18(2)37-31(5)14-12-21(13-15-31)17-35-26-11-10-19(3)28-27(26)23(30(33)34)16-24(32-28)29-20(4)22-8-6-7-9-25(22)36-29/h6-11,16,18,21,30,33-34H,12-15,17H2,1-5H3. The van der Waals surface area contributed by atoms with E-state index in [0.717, 1.165) is 47.8 Å². The zero-order valence-corrected chi connectivity index (χ0v) is 22.4. The van der Waals surface area contributed by atoms with Crippen LogP contribution in [0.1, 0.15) is 69.4 Å². The van der Waals surface area contributed by atoms with Gasteiger partial charge in [-0.1, -0.05) is 24.3 Å². The molecule has 4 aromatic rings. The highest BCUT2D eigenvalue weighted by Gasteiger charge is 2.33. The van der Waals surface area contributed by atoms with Gasteiger partial charge in [0, 0.05) is 16.5 Å². The number of aryl methyl sites for hydroxylation is 2. The van der Waals surface area contributed by atoms with Crippen molar-refractivity contribution in [2.24, 2.45) is 5.92 Å². The summed E-state index contributed by atoms with van der Waals surface area (Å²) >= 11 is 0. The Balaban J connectivity index is 1.46. The first kappa shape index (κ1) is 25.7. The van der Waals surface area contributed by atoms with Gasteiger partial charge in [-0.15, -0.1) is 0 Å². The Morgan fingerprint density at radius 2 is 1.81 bits per heavy atom. The second-order valence-electron chi connectivity index (χ2n) is 11.0. The summed E-state index contributed by atoms with van der Waals surface area (Å²) in [6.45, 7) is 10.9. The molecule has 2 aromatic carbocycles. The predicted molar refractivity (Wildman–Crippen MR) is 146 cm³/mol. The van der Waals surface area contributed by atoms with Gasteiger partial charge in [0.1, 0.15) is 17.0 Å². The van der Waals surface area contributed by atoms with Gasteiger partial charge in [-0.2, -0.15) is 0 Å². The van der Waals surface area contributed by atoms with Gasteiger partial charge in [-0.25, -0.2) is 4.98 Å². The van der Waals surface area contributed by atoms with E-state index in [9.17, 15) is 10.2 Å². The average Bonchev–Trinajstić information content (AvgIpc) is 3.20. The minimum Gasteiger partial charge on any atom is -0.493 e. The maximum Gasteiger partial charge on any atom is 0.179 e. The lowest BCUT2D eigenvalue weighted by molar-refractivity contribution is -0.0970. The van der Waals surface area contributed by atoms with Crippen LogP contribution in [0, 0.1) is 19.8 Å². The summed E-state index contributed by atoms with van der Waals surface area (Å²) < 4.78 is 18.6. The molecule has 0 atom stereocenters. The number of pyridine rings is 1. The Morgan fingerprint density at radius 3 is 2.49 bits per heavy atom. The van der Waals surface area contributed by atoms with E-state index in [1.165, 1.54) is 0 Å². The number of para-hydroxylation sites is 1. The lowest BCUT2D eigenvalue weighted by Crippen LogP contribution is -2.37. The summed E-state index contributed by atoms with van der Waals surface area (Å²) in [5, 5.41) is 22.4. The summed E-state index contributed by atoms with van der Waals surface area (Å²) in [5.41, 5.74) is 4.22. The van der Waals surface area contributed by atoms with Crippen molar-refractivity contribution in [1.29, 1.82) is 0 Å². The molecule has 0 amide bonds. The number of hydrogen-bond acceptors (Lipinski definition) is 6. The molecule has 0 spiro atoms. The molecule has 0 bridgehead atoms. The lowest BCUT2D eigenvalue weighted by Gasteiger charge is -2.38. The van der Waals surface area contributed by atoms with Gasteiger partial charge in [0.25, 0.3) is 0 Å². The van der Waals surface area contributed by atoms with Gasteiger partial charge in [-0.3, -0.25) is 0 Å². The zero-order chi connectivity index (χ0) is 26.3. The average molecular weight is 504 g/mol. The molecular formula is C31H37NO5. The number of benzene rings is 2. The summed E-state index contributed by atoms with van der Waals surface area (Å²) in [5.74, 6) is 1.67. The lowest BCUT2D eigenvalue weighted by atomic mass is 9.80. The fraction of sp³-hybridized carbons (Fsp3) is 0.452. The Bertz CT molecular complexity index is 1410. The fourth-order valence-corrected chi connectivity index (χ4v) is 5.68. The van der Waals surface area contributed by atoms with Crippen molar-refractivity contribution < 1.29 is 24.1 Å². The third-order valence-corrected chi connectivity index (χ3v) is 7.67. The molecule has 1 aliphatic rings. The van der Waals surface area contributed by atoms with Gasteiger partial charge in [0.05, 0.1) is 29.2 Å². The van der Waals surface area contributed by atoms with Crippen LogP contribution >= 0.6 is 0 Å². The number of rotatable bonds is 7. The number of nitrogens with zero attached hydrogens (tertiary/aromatic N) is 1. The second-order valence-corrected chi connectivity index (χ2v) is 11.0. The van der Waals surface area contributed by atoms with E-state index in [1.807, 2.05) is 50.2 Å². The maximum absolute atomic E-state index is 10.4. The molecule has 6 heteroatoms. The first-order valence-corrected chi connectivity index (χ1v) is 13.2. The zero-order valence-electron chi connectivity index (χ0n) is 22.4. The summed E-state index contributed by atoms with van der Waals surface area (Å²) in [6.07, 6.45) is 2.64. The van der Waals surface area contributed by atoms with Crippen molar-refractivity contribution in [2.75, 3.05) is 6.61 Å². The maximum atomic E-state index is 10.4.